The summed E-state index contributed by atoms with van der Waals surface area (Å²) < 4.78 is 12.1. The van der Waals surface area contributed by atoms with Crippen molar-refractivity contribution in [3.63, 3.8) is 0 Å². The summed E-state index contributed by atoms with van der Waals surface area (Å²) >= 11 is 0. The average molecular weight is 482 g/mol. The van der Waals surface area contributed by atoms with Crippen molar-refractivity contribution in [2.75, 3.05) is 25.0 Å². The second-order valence-corrected chi connectivity index (χ2v) is 10.2. The lowest BCUT2D eigenvalue weighted by molar-refractivity contribution is 0.0510. The summed E-state index contributed by atoms with van der Waals surface area (Å²) in [6.45, 7) is 14.6. The van der Waals surface area contributed by atoms with Crippen LogP contribution in [0.4, 0.5) is 10.6 Å². The highest BCUT2D eigenvalue weighted by Crippen LogP contribution is 2.26. The molecule has 35 heavy (non-hydrogen) atoms. The lowest BCUT2D eigenvalue weighted by Crippen LogP contribution is -2.35. The molecule has 3 rings (SSSR count). The highest BCUT2D eigenvalue weighted by molar-refractivity contribution is 5.89. The van der Waals surface area contributed by atoms with Gasteiger partial charge in [-0.05, 0) is 64.1 Å². The van der Waals surface area contributed by atoms with Gasteiger partial charge in [0, 0.05) is 23.9 Å². The number of esters is 1. The number of carbonyl (C=O) groups is 2. The van der Waals surface area contributed by atoms with Crippen molar-refractivity contribution < 1.29 is 19.1 Å². The first kappa shape index (κ1) is 26.0. The fourth-order valence-corrected chi connectivity index (χ4v) is 3.31. The van der Waals surface area contributed by atoms with E-state index < -0.39 is 17.7 Å². The Morgan fingerprint density at radius 1 is 1.00 bits per heavy atom. The number of hydrogen-bond acceptors (Lipinski definition) is 7. The summed E-state index contributed by atoms with van der Waals surface area (Å²) in [5.41, 5.74) is 1.99. The molecule has 0 unspecified atom stereocenters. The minimum Gasteiger partial charge on any atom is -0.461 e. The summed E-state index contributed by atoms with van der Waals surface area (Å²) in [4.78, 5) is 29.0. The van der Waals surface area contributed by atoms with Crippen molar-refractivity contribution >= 4 is 28.8 Å². The number of carbonyl (C=O) groups excluding carboxylic acids is 2. The molecule has 1 aromatic carbocycles. The molecule has 2 N–H and O–H groups in total. The van der Waals surface area contributed by atoms with Crippen LogP contribution in [0.25, 0.3) is 16.6 Å². The Kier molecular flexibility index (Phi) is 7.67. The number of rotatable bonds is 7. The van der Waals surface area contributed by atoms with Gasteiger partial charge in [0.25, 0.3) is 0 Å². The molecule has 0 aliphatic carbocycles. The van der Waals surface area contributed by atoms with Crippen LogP contribution in [0.3, 0.4) is 0 Å². The van der Waals surface area contributed by atoms with Crippen molar-refractivity contribution in [2.45, 2.75) is 59.5 Å². The fraction of sp³-hybridized carbons (Fsp3) is 0.462. The van der Waals surface area contributed by atoms with Crippen LogP contribution in [0, 0.1) is 0 Å². The van der Waals surface area contributed by atoms with E-state index >= 15 is 0 Å². The summed E-state index contributed by atoms with van der Waals surface area (Å²) in [7, 11) is 0. The predicted molar refractivity (Wildman–Crippen MR) is 136 cm³/mol. The van der Waals surface area contributed by atoms with Crippen LogP contribution in [0.15, 0.2) is 36.4 Å². The summed E-state index contributed by atoms with van der Waals surface area (Å²) in [5, 5.41) is 11.5. The van der Waals surface area contributed by atoms with E-state index in [-0.39, 0.29) is 5.41 Å². The monoisotopic (exact) mass is 481 g/mol. The van der Waals surface area contributed by atoms with Gasteiger partial charge < -0.3 is 20.1 Å². The highest BCUT2D eigenvalue weighted by atomic mass is 16.6. The molecule has 2 aromatic heterocycles. The topological polar surface area (TPSA) is 107 Å². The quantitative estimate of drug-likeness (QED) is 0.368. The number of benzene rings is 1. The zero-order valence-electron chi connectivity index (χ0n) is 21.6. The molecule has 0 spiro atoms. The van der Waals surface area contributed by atoms with E-state index in [2.05, 4.69) is 36.4 Å². The summed E-state index contributed by atoms with van der Waals surface area (Å²) in [6.07, 6.45) is -0.450. The standard InChI is InChI=1S/C26H35N5O4/c1-8-34-23(32)20-16-21(25(2,3)4)30-31(20)18-10-11-19-17(15-18)9-12-22(29-19)27-13-14-28-24(33)35-26(5,6)7/h9-12,15-16H,8,13-14H2,1-7H3,(H,27,29)(H,28,33). The van der Waals surface area contributed by atoms with Gasteiger partial charge in [0.1, 0.15) is 11.4 Å². The van der Waals surface area contributed by atoms with Crippen LogP contribution in [0.5, 0.6) is 0 Å². The zero-order chi connectivity index (χ0) is 25.8. The molecule has 0 bridgehead atoms. The smallest absolute Gasteiger partial charge is 0.407 e. The molecule has 0 radical (unpaired) electrons. The normalized spacial score (nSPS) is 11.9. The number of aromatic nitrogens is 3. The van der Waals surface area contributed by atoms with Crippen LogP contribution in [-0.4, -0.2) is 52.1 Å². The molecule has 0 saturated heterocycles. The van der Waals surface area contributed by atoms with Gasteiger partial charge in [-0.2, -0.15) is 5.10 Å². The van der Waals surface area contributed by atoms with Gasteiger partial charge in [-0.3, -0.25) is 0 Å². The van der Waals surface area contributed by atoms with E-state index in [1.54, 1.807) is 17.7 Å². The molecule has 0 saturated carbocycles. The van der Waals surface area contributed by atoms with E-state index in [4.69, 9.17) is 14.6 Å². The predicted octanol–water partition coefficient (Wildman–Crippen LogP) is 4.83. The summed E-state index contributed by atoms with van der Waals surface area (Å²) in [6, 6.07) is 11.3. The van der Waals surface area contributed by atoms with Crippen molar-refractivity contribution in [3.8, 4) is 5.69 Å². The molecule has 0 aliphatic heterocycles. The van der Waals surface area contributed by atoms with E-state index in [9.17, 15) is 9.59 Å². The maximum atomic E-state index is 12.6. The molecule has 0 aliphatic rings. The van der Waals surface area contributed by atoms with Crippen molar-refractivity contribution in [3.05, 3.63) is 47.8 Å². The molecule has 3 aromatic rings. The first-order valence-corrected chi connectivity index (χ1v) is 11.8. The second kappa shape index (κ2) is 10.3. The number of pyridine rings is 1. The van der Waals surface area contributed by atoms with Gasteiger partial charge in [-0.1, -0.05) is 20.8 Å². The third-order valence-electron chi connectivity index (χ3n) is 4.98. The van der Waals surface area contributed by atoms with Gasteiger partial charge in [-0.15, -0.1) is 0 Å². The maximum Gasteiger partial charge on any atom is 0.407 e. The van der Waals surface area contributed by atoms with Crippen LogP contribution >= 0.6 is 0 Å². The number of fused-ring (bicyclic) bond motifs is 1. The first-order chi connectivity index (χ1) is 16.4. The SMILES string of the molecule is CCOC(=O)c1cc(C(C)(C)C)nn1-c1ccc2nc(NCCNC(=O)OC(C)(C)C)ccc2c1. The van der Waals surface area contributed by atoms with E-state index in [1.807, 2.05) is 51.1 Å². The number of nitrogens with one attached hydrogen (secondary N) is 2. The maximum absolute atomic E-state index is 12.6. The highest BCUT2D eigenvalue weighted by Gasteiger charge is 2.24. The third-order valence-corrected chi connectivity index (χ3v) is 4.98. The molecule has 1 amide bonds. The third kappa shape index (κ3) is 6.94. The molecular weight excluding hydrogens is 446 g/mol. The van der Waals surface area contributed by atoms with Gasteiger partial charge >= 0.3 is 12.1 Å². The molecule has 0 atom stereocenters. The zero-order valence-corrected chi connectivity index (χ0v) is 21.6. The van der Waals surface area contributed by atoms with Gasteiger partial charge in [0.2, 0.25) is 0 Å². The van der Waals surface area contributed by atoms with Gasteiger partial charge in [0.15, 0.2) is 5.69 Å². The van der Waals surface area contributed by atoms with Crippen molar-refractivity contribution in [2.24, 2.45) is 0 Å². The number of hydrogen-bond donors (Lipinski definition) is 2. The Labute approximate surface area is 206 Å². The average Bonchev–Trinajstić information content (AvgIpc) is 3.21. The lowest BCUT2D eigenvalue weighted by atomic mass is 9.92. The number of alkyl carbamates (subject to hydrolysis) is 1. The van der Waals surface area contributed by atoms with Crippen molar-refractivity contribution in [1.82, 2.24) is 20.1 Å². The molecule has 188 valence electrons. The number of ether oxygens (including phenoxy) is 2. The number of amides is 1. The largest absolute Gasteiger partial charge is 0.461 e. The molecule has 9 nitrogen and oxygen atoms in total. The van der Waals surface area contributed by atoms with Gasteiger partial charge in [0.05, 0.1) is 23.5 Å². The fourth-order valence-electron chi connectivity index (χ4n) is 3.31. The molecule has 2 heterocycles. The van der Waals surface area contributed by atoms with E-state index in [0.29, 0.717) is 31.2 Å². The Morgan fingerprint density at radius 2 is 1.74 bits per heavy atom. The Hall–Kier alpha value is -3.62. The number of nitrogens with zero attached hydrogens (tertiary/aromatic N) is 3. The lowest BCUT2D eigenvalue weighted by Gasteiger charge is -2.19. The van der Waals surface area contributed by atoms with Crippen LogP contribution in [0.2, 0.25) is 0 Å². The summed E-state index contributed by atoms with van der Waals surface area (Å²) in [5.74, 6) is 0.283. The minimum absolute atomic E-state index is 0.218. The van der Waals surface area contributed by atoms with Crippen LogP contribution < -0.4 is 10.6 Å². The molecule has 9 heteroatoms. The molecule has 0 fully saturated rings. The van der Waals surface area contributed by atoms with Gasteiger partial charge in [-0.25, -0.2) is 19.3 Å². The minimum atomic E-state index is -0.530. The van der Waals surface area contributed by atoms with Crippen LogP contribution in [-0.2, 0) is 14.9 Å². The number of anilines is 1. The Morgan fingerprint density at radius 3 is 2.40 bits per heavy atom. The first-order valence-electron chi connectivity index (χ1n) is 11.8. The Balaban J connectivity index is 1.75. The van der Waals surface area contributed by atoms with Crippen molar-refractivity contribution in [1.29, 1.82) is 0 Å². The van der Waals surface area contributed by atoms with E-state index in [0.717, 1.165) is 22.3 Å². The Bertz CT molecular complexity index is 1200. The van der Waals surface area contributed by atoms with Crippen LogP contribution in [0.1, 0.15) is 64.6 Å². The second-order valence-electron chi connectivity index (χ2n) is 10.2. The van der Waals surface area contributed by atoms with E-state index in [1.165, 1.54) is 0 Å². The molecular formula is C26H35N5O4.